The standard InChI is InChI=1S/C17H27N3O4S/c18-16-7-2-1-5-14(16)8-9-17(21)19-10-12-25(22,23)20-13-15-6-3-4-11-24-15/h1-2,5,7,15,20H,3-4,6,8-13,18H2,(H,19,21). The molecule has 0 aliphatic carbocycles. The molecule has 1 aliphatic heterocycles. The lowest BCUT2D eigenvalue weighted by Gasteiger charge is -2.22. The molecule has 2 rings (SSSR count). The monoisotopic (exact) mass is 369 g/mol. The predicted octanol–water partition coefficient (Wildman–Crippen LogP) is 0.806. The molecule has 1 heterocycles. The minimum Gasteiger partial charge on any atom is -0.399 e. The molecule has 0 saturated carbocycles. The number of ether oxygens (including phenoxy) is 1. The van der Waals surface area contributed by atoms with Gasteiger partial charge < -0.3 is 15.8 Å². The van der Waals surface area contributed by atoms with Crippen LogP contribution in [0.3, 0.4) is 0 Å². The predicted molar refractivity (Wildman–Crippen MR) is 97.6 cm³/mol. The Bertz CT molecular complexity index is 658. The zero-order chi connectivity index (χ0) is 18.1. The first kappa shape index (κ1) is 19.7. The molecule has 25 heavy (non-hydrogen) atoms. The van der Waals surface area contributed by atoms with Gasteiger partial charge in [0.25, 0.3) is 0 Å². The molecule has 0 radical (unpaired) electrons. The third-order valence-electron chi connectivity index (χ3n) is 4.17. The number of anilines is 1. The molecule has 0 aromatic heterocycles. The van der Waals surface area contributed by atoms with E-state index >= 15 is 0 Å². The van der Waals surface area contributed by atoms with Crippen molar-refractivity contribution in [1.29, 1.82) is 0 Å². The van der Waals surface area contributed by atoms with Crippen LogP contribution >= 0.6 is 0 Å². The molecule has 4 N–H and O–H groups in total. The molecule has 140 valence electrons. The van der Waals surface area contributed by atoms with Crippen molar-refractivity contribution in [2.75, 3.05) is 31.2 Å². The van der Waals surface area contributed by atoms with Crippen molar-refractivity contribution < 1.29 is 17.9 Å². The molecule has 1 aromatic carbocycles. The number of carbonyl (C=O) groups is 1. The number of hydrogen-bond donors (Lipinski definition) is 3. The zero-order valence-corrected chi connectivity index (χ0v) is 15.2. The lowest BCUT2D eigenvalue weighted by atomic mass is 10.1. The highest BCUT2D eigenvalue weighted by atomic mass is 32.2. The van der Waals surface area contributed by atoms with E-state index in [2.05, 4.69) is 10.0 Å². The van der Waals surface area contributed by atoms with Gasteiger partial charge in [0.1, 0.15) is 0 Å². The number of nitrogen functional groups attached to an aromatic ring is 1. The zero-order valence-electron chi connectivity index (χ0n) is 14.4. The third-order valence-corrected chi connectivity index (χ3v) is 5.52. The molecular weight excluding hydrogens is 342 g/mol. The van der Waals surface area contributed by atoms with E-state index in [0.717, 1.165) is 24.8 Å². The number of amides is 1. The summed E-state index contributed by atoms with van der Waals surface area (Å²) in [4.78, 5) is 11.8. The summed E-state index contributed by atoms with van der Waals surface area (Å²) < 4.78 is 31.9. The molecule has 1 unspecified atom stereocenters. The number of sulfonamides is 1. The molecule has 1 atom stereocenters. The number of nitrogens with one attached hydrogen (secondary N) is 2. The van der Waals surface area contributed by atoms with Crippen LogP contribution in [0.1, 0.15) is 31.2 Å². The number of benzene rings is 1. The summed E-state index contributed by atoms with van der Waals surface area (Å²) in [7, 11) is -3.42. The molecule has 7 nitrogen and oxygen atoms in total. The van der Waals surface area contributed by atoms with Crippen molar-refractivity contribution in [2.45, 2.75) is 38.2 Å². The van der Waals surface area contributed by atoms with Crippen LogP contribution in [0.4, 0.5) is 5.69 Å². The van der Waals surface area contributed by atoms with Gasteiger partial charge in [-0.2, -0.15) is 0 Å². The fourth-order valence-corrected chi connectivity index (χ4v) is 3.64. The lowest BCUT2D eigenvalue weighted by Crippen LogP contribution is -2.39. The summed E-state index contributed by atoms with van der Waals surface area (Å²) in [5.74, 6) is -0.326. The molecule has 1 aromatic rings. The van der Waals surface area contributed by atoms with Crippen molar-refractivity contribution >= 4 is 21.6 Å². The summed E-state index contributed by atoms with van der Waals surface area (Å²) in [5.41, 5.74) is 7.40. The van der Waals surface area contributed by atoms with Crippen LogP contribution in [0.5, 0.6) is 0 Å². The average molecular weight is 369 g/mol. The molecule has 0 bridgehead atoms. The number of hydrogen-bond acceptors (Lipinski definition) is 5. The first-order chi connectivity index (χ1) is 12.0. The van der Waals surface area contributed by atoms with E-state index < -0.39 is 10.0 Å². The van der Waals surface area contributed by atoms with Gasteiger partial charge in [-0.1, -0.05) is 18.2 Å². The van der Waals surface area contributed by atoms with Crippen LogP contribution in [0.2, 0.25) is 0 Å². The van der Waals surface area contributed by atoms with Gasteiger partial charge in [0.05, 0.1) is 11.9 Å². The Hall–Kier alpha value is -1.64. The Morgan fingerprint density at radius 2 is 2.08 bits per heavy atom. The summed E-state index contributed by atoms with van der Waals surface area (Å²) in [5, 5.41) is 2.64. The van der Waals surface area contributed by atoms with E-state index in [-0.39, 0.29) is 30.7 Å². The van der Waals surface area contributed by atoms with Gasteiger partial charge in [0.15, 0.2) is 0 Å². The van der Waals surface area contributed by atoms with Crippen molar-refractivity contribution in [2.24, 2.45) is 0 Å². The number of carbonyl (C=O) groups excluding carboxylic acids is 1. The largest absolute Gasteiger partial charge is 0.399 e. The maximum Gasteiger partial charge on any atom is 0.220 e. The summed E-state index contributed by atoms with van der Waals surface area (Å²) in [6.07, 6.45) is 3.73. The maximum atomic E-state index is 11.9. The molecule has 1 aliphatic rings. The first-order valence-corrected chi connectivity index (χ1v) is 10.3. The van der Waals surface area contributed by atoms with Gasteiger partial charge in [0, 0.05) is 31.8 Å². The summed E-state index contributed by atoms with van der Waals surface area (Å²) in [6, 6.07) is 7.39. The van der Waals surface area contributed by atoms with Gasteiger partial charge in [-0.3, -0.25) is 4.79 Å². The maximum absolute atomic E-state index is 11.9. The van der Waals surface area contributed by atoms with Crippen LogP contribution in [0, 0.1) is 0 Å². The molecule has 1 amide bonds. The Balaban J connectivity index is 1.63. The topological polar surface area (TPSA) is 111 Å². The van der Waals surface area contributed by atoms with E-state index in [4.69, 9.17) is 10.5 Å². The fourth-order valence-electron chi connectivity index (χ4n) is 2.68. The van der Waals surface area contributed by atoms with E-state index in [0.29, 0.717) is 25.3 Å². The first-order valence-electron chi connectivity index (χ1n) is 8.65. The van der Waals surface area contributed by atoms with Crippen LogP contribution in [0.15, 0.2) is 24.3 Å². The Kier molecular flexibility index (Phi) is 7.67. The average Bonchev–Trinajstić information content (AvgIpc) is 2.60. The molecule has 8 heteroatoms. The Morgan fingerprint density at radius 3 is 2.80 bits per heavy atom. The van der Waals surface area contributed by atoms with E-state index in [1.54, 1.807) is 6.07 Å². The number of rotatable bonds is 9. The van der Waals surface area contributed by atoms with Crippen LogP contribution < -0.4 is 15.8 Å². The number of para-hydroxylation sites is 1. The Morgan fingerprint density at radius 1 is 1.28 bits per heavy atom. The van der Waals surface area contributed by atoms with Crippen molar-refractivity contribution in [1.82, 2.24) is 10.0 Å². The molecule has 0 spiro atoms. The van der Waals surface area contributed by atoms with E-state index in [9.17, 15) is 13.2 Å². The van der Waals surface area contributed by atoms with Crippen LogP contribution in [0.25, 0.3) is 0 Å². The van der Waals surface area contributed by atoms with Crippen LogP contribution in [-0.2, 0) is 26.0 Å². The van der Waals surface area contributed by atoms with Gasteiger partial charge in [0.2, 0.25) is 15.9 Å². The van der Waals surface area contributed by atoms with Crippen molar-refractivity contribution in [3.63, 3.8) is 0 Å². The highest BCUT2D eigenvalue weighted by Crippen LogP contribution is 2.13. The lowest BCUT2D eigenvalue weighted by molar-refractivity contribution is -0.120. The van der Waals surface area contributed by atoms with Gasteiger partial charge in [-0.05, 0) is 37.3 Å². The second-order valence-electron chi connectivity index (χ2n) is 6.20. The van der Waals surface area contributed by atoms with E-state index in [1.807, 2.05) is 18.2 Å². The SMILES string of the molecule is Nc1ccccc1CCC(=O)NCCS(=O)(=O)NCC1CCCCO1. The Labute approximate surface area is 149 Å². The van der Waals surface area contributed by atoms with Gasteiger partial charge in [-0.15, -0.1) is 0 Å². The quantitative estimate of drug-likeness (QED) is 0.558. The fraction of sp³-hybridized carbons (Fsp3) is 0.588. The van der Waals surface area contributed by atoms with Crippen LogP contribution in [-0.4, -0.2) is 45.9 Å². The minimum atomic E-state index is -3.42. The highest BCUT2D eigenvalue weighted by Gasteiger charge is 2.17. The number of nitrogens with two attached hydrogens (primary N) is 1. The number of aryl methyl sites for hydroxylation is 1. The molecular formula is C17H27N3O4S. The van der Waals surface area contributed by atoms with Gasteiger partial charge in [-0.25, -0.2) is 13.1 Å². The summed E-state index contributed by atoms with van der Waals surface area (Å²) >= 11 is 0. The van der Waals surface area contributed by atoms with E-state index in [1.165, 1.54) is 0 Å². The second-order valence-corrected chi connectivity index (χ2v) is 8.13. The molecule has 1 fully saturated rings. The minimum absolute atomic E-state index is 0.0468. The smallest absolute Gasteiger partial charge is 0.220 e. The van der Waals surface area contributed by atoms with Crippen molar-refractivity contribution in [3.8, 4) is 0 Å². The molecule has 1 saturated heterocycles. The normalized spacial score (nSPS) is 18.0. The van der Waals surface area contributed by atoms with Gasteiger partial charge >= 0.3 is 0 Å². The highest BCUT2D eigenvalue weighted by molar-refractivity contribution is 7.89. The second kappa shape index (κ2) is 9.74. The van der Waals surface area contributed by atoms with Crippen molar-refractivity contribution in [3.05, 3.63) is 29.8 Å². The third kappa shape index (κ3) is 7.41. The summed E-state index contributed by atoms with van der Waals surface area (Å²) in [6.45, 7) is 1.07.